The second-order valence-electron chi connectivity index (χ2n) is 8.89. The van der Waals surface area contributed by atoms with E-state index in [0.717, 1.165) is 68.0 Å². The largest absolute Gasteiger partial charge is 0.378 e. The number of thiophene rings is 1. The van der Waals surface area contributed by atoms with Crippen LogP contribution in [-0.2, 0) is 21.1 Å². The summed E-state index contributed by atoms with van der Waals surface area (Å²) in [5.41, 5.74) is 7.29. The van der Waals surface area contributed by atoms with Gasteiger partial charge in [0.25, 0.3) is 0 Å². The number of hydrogen-bond donors (Lipinski definition) is 1. The molecule has 8 nitrogen and oxygen atoms in total. The minimum Gasteiger partial charge on any atom is -0.378 e. The van der Waals surface area contributed by atoms with Gasteiger partial charge in [-0.25, -0.2) is 13.4 Å². The van der Waals surface area contributed by atoms with Gasteiger partial charge in [-0.2, -0.15) is 4.98 Å². The Kier molecular flexibility index (Phi) is 7.89. The van der Waals surface area contributed by atoms with E-state index in [1.165, 1.54) is 11.1 Å². The van der Waals surface area contributed by atoms with Gasteiger partial charge in [0.05, 0.1) is 23.4 Å². The maximum absolute atomic E-state index is 11.3. The normalized spacial score (nSPS) is 20.2. The number of halogens is 1. The van der Waals surface area contributed by atoms with E-state index in [4.69, 9.17) is 22.1 Å². The van der Waals surface area contributed by atoms with E-state index < -0.39 is 9.84 Å². The van der Waals surface area contributed by atoms with Crippen LogP contribution < -0.4 is 10.6 Å². The summed E-state index contributed by atoms with van der Waals surface area (Å²) in [6.45, 7) is 5.92. The van der Waals surface area contributed by atoms with Crippen molar-refractivity contribution in [3.63, 3.8) is 0 Å². The highest BCUT2D eigenvalue weighted by molar-refractivity contribution is 7.90. The molecule has 0 aromatic carbocycles. The van der Waals surface area contributed by atoms with Gasteiger partial charge in [0.15, 0.2) is 5.82 Å². The van der Waals surface area contributed by atoms with Gasteiger partial charge in [0, 0.05) is 42.6 Å². The second kappa shape index (κ2) is 10.5. The first kappa shape index (κ1) is 24.1. The average molecular weight is 502 g/mol. The van der Waals surface area contributed by atoms with E-state index in [1.54, 1.807) is 11.3 Å². The summed E-state index contributed by atoms with van der Waals surface area (Å²) < 4.78 is 29.2. The van der Waals surface area contributed by atoms with Crippen LogP contribution in [-0.4, -0.2) is 80.7 Å². The Hall–Kier alpha value is -1.04. The Labute approximate surface area is 199 Å². The fourth-order valence-electron chi connectivity index (χ4n) is 4.58. The molecule has 0 spiro atoms. The summed E-state index contributed by atoms with van der Waals surface area (Å²) in [6, 6.07) is 2.22. The molecular weight excluding hydrogens is 470 g/mol. The van der Waals surface area contributed by atoms with Crippen LogP contribution in [0.2, 0.25) is 5.28 Å². The molecule has 11 heteroatoms. The van der Waals surface area contributed by atoms with E-state index in [1.807, 2.05) is 0 Å². The van der Waals surface area contributed by atoms with Crippen LogP contribution in [0.4, 0.5) is 5.82 Å². The van der Waals surface area contributed by atoms with Crippen molar-refractivity contribution in [2.75, 3.05) is 56.3 Å². The van der Waals surface area contributed by atoms with Crippen molar-refractivity contribution in [2.24, 2.45) is 11.7 Å². The van der Waals surface area contributed by atoms with Crippen molar-refractivity contribution in [2.45, 2.75) is 38.3 Å². The molecule has 4 rings (SSSR count). The molecule has 2 fully saturated rings. The lowest BCUT2D eigenvalue weighted by atomic mass is 9.87. The van der Waals surface area contributed by atoms with Gasteiger partial charge in [0.2, 0.25) is 5.28 Å². The number of ether oxygens (including phenoxy) is 1. The highest BCUT2D eigenvalue weighted by Gasteiger charge is 2.25. The molecule has 2 aliphatic heterocycles. The Balaban J connectivity index is 1.34. The Morgan fingerprint density at radius 3 is 2.66 bits per heavy atom. The van der Waals surface area contributed by atoms with Gasteiger partial charge in [-0.1, -0.05) is 0 Å². The van der Waals surface area contributed by atoms with Crippen molar-refractivity contribution < 1.29 is 13.2 Å². The first-order chi connectivity index (χ1) is 15.3. The van der Waals surface area contributed by atoms with Crippen molar-refractivity contribution in [3.05, 3.63) is 16.2 Å². The fourth-order valence-corrected chi connectivity index (χ4v) is 6.60. The maximum atomic E-state index is 11.3. The van der Waals surface area contributed by atoms with Crippen molar-refractivity contribution >= 4 is 48.8 Å². The lowest BCUT2D eigenvalue weighted by molar-refractivity contribution is 0.122. The molecule has 2 aromatic rings. The van der Waals surface area contributed by atoms with Crippen LogP contribution in [0.25, 0.3) is 10.2 Å². The lowest BCUT2D eigenvalue weighted by Crippen LogP contribution is -2.40. The third-order valence-corrected chi connectivity index (χ3v) is 8.66. The number of nitrogens with two attached hydrogens (primary N) is 1. The number of sulfone groups is 1. The zero-order chi connectivity index (χ0) is 22.7. The zero-order valence-electron chi connectivity index (χ0n) is 18.5. The Bertz CT molecular complexity index is 1020. The van der Waals surface area contributed by atoms with Gasteiger partial charge in [-0.05, 0) is 62.4 Å². The van der Waals surface area contributed by atoms with E-state index in [2.05, 4.69) is 25.8 Å². The van der Waals surface area contributed by atoms with E-state index in [-0.39, 0.29) is 17.1 Å². The topological polar surface area (TPSA) is 102 Å². The number of morpholine rings is 1. The molecule has 0 saturated carbocycles. The molecule has 2 N–H and O–H groups in total. The molecular formula is C21H32ClN5O3S2. The van der Waals surface area contributed by atoms with Crippen molar-refractivity contribution in [1.29, 1.82) is 0 Å². The number of hydrogen-bond acceptors (Lipinski definition) is 9. The summed E-state index contributed by atoms with van der Waals surface area (Å²) in [7, 11) is -2.91. The molecule has 0 amide bonds. The monoisotopic (exact) mass is 501 g/mol. The first-order valence-corrected chi connectivity index (χ1v) is 14.5. The SMILES string of the molecule is CS(=O)(=O)CCCC(N)C1CCN(Cc2cc3nc(Cl)nc(N4CCOCC4)c3s2)CC1. The van der Waals surface area contributed by atoms with Crippen molar-refractivity contribution in [1.82, 2.24) is 14.9 Å². The van der Waals surface area contributed by atoms with Gasteiger partial charge < -0.3 is 15.4 Å². The number of nitrogens with zero attached hydrogens (tertiary/aromatic N) is 4. The summed E-state index contributed by atoms with van der Waals surface area (Å²) in [5.74, 6) is 1.61. The molecule has 32 heavy (non-hydrogen) atoms. The zero-order valence-corrected chi connectivity index (χ0v) is 20.9. The molecule has 0 radical (unpaired) electrons. The Morgan fingerprint density at radius 2 is 1.97 bits per heavy atom. The van der Waals surface area contributed by atoms with E-state index >= 15 is 0 Å². The third-order valence-electron chi connectivity index (χ3n) is 6.36. The standard InChI is InChI=1S/C21H32ClN5O3S2/c1-32(28,29)12-2-3-17(23)15-4-6-26(7-5-15)14-16-13-18-19(31-16)20(25-21(22)24-18)27-8-10-30-11-9-27/h13,15,17H,2-12,14,23H2,1H3. The summed E-state index contributed by atoms with van der Waals surface area (Å²) in [5, 5.41) is 0.286. The van der Waals surface area contributed by atoms with Crippen LogP contribution >= 0.6 is 22.9 Å². The summed E-state index contributed by atoms with van der Waals surface area (Å²) in [6.07, 6.45) is 4.81. The van der Waals surface area contributed by atoms with Crippen LogP contribution in [0.1, 0.15) is 30.6 Å². The second-order valence-corrected chi connectivity index (χ2v) is 12.6. The van der Waals surface area contributed by atoms with Gasteiger partial charge in [-0.15, -0.1) is 11.3 Å². The smallest absolute Gasteiger partial charge is 0.224 e. The molecule has 1 unspecified atom stereocenters. The maximum Gasteiger partial charge on any atom is 0.224 e. The third kappa shape index (κ3) is 6.30. The van der Waals surface area contributed by atoms with Crippen LogP contribution in [0.15, 0.2) is 6.07 Å². The quantitative estimate of drug-likeness (QED) is 0.550. The highest BCUT2D eigenvalue weighted by Crippen LogP contribution is 2.34. The number of piperidine rings is 1. The molecule has 2 aliphatic rings. The van der Waals surface area contributed by atoms with Gasteiger partial charge in [0.1, 0.15) is 9.84 Å². The predicted molar refractivity (Wildman–Crippen MR) is 130 cm³/mol. The molecule has 4 heterocycles. The van der Waals surface area contributed by atoms with E-state index in [9.17, 15) is 8.42 Å². The van der Waals surface area contributed by atoms with Gasteiger partial charge >= 0.3 is 0 Å². The minimum absolute atomic E-state index is 0.0803. The van der Waals surface area contributed by atoms with Gasteiger partial charge in [-0.3, -0.25) is 4.90 Å². The predicted octanol–water partition coefficient (Wildman–Crippen LogP) is 2.55. The number of rotatable bonds is 8. The molecule has 178 valence electrons. The van der Waals surface area contributed by atoms with Crippen LogP contribution in [0.3, 0.4) is 0 Å². The first-order valence-electron chi connectivity index (χ1n) is 11.2. The molecule has 0 bridgehead atoms. The Morgan fingerprint density at radius 1 is 1.25 bits per heavy atom. The van der Waals surface area contributed by atoms with Crippen LogP contribution in [0, 0.1) is 5.92 Å². The molecule has 2 saturated heterocycles. The highest BCUT2D eigenvalue weighted by atomic mass is 35.5. The molecule has 2 aromatic heterocycles. The van der Waals surface area contributed by atoms with Crippen LogP contribution in [0.5, 0.6) is 0 Å². The molecule has 1 atom stereocenters. The average Bonchev–Trinajstić information content (AvgIpc) is 3.15. The summed E-state index contributed by atoms with van der Waals surface area (Å²) >= 11 is 7.97. The minimum atomic E-state index is -2.91. The van der Waals surface area contributed by atoms with E-state index in [0.29, 0.717) is 25.6 Å². The summed E-state index contributed by atoms with van der Waals surface area (Å²) in [4.78, 5) is 14.9. The van der Waals surface area contributed by atoms with Crippen molar-refractivity contribution in [3.8, 4) is 0 Å². The number of fused-ring (bicyclic) bond motifs is 1. The number of aromatic nitrogens is 2. The molecule has 0 aliphatic carbocycles. The lowest BCUT2D eigenvalue weighted by Gasteiger charge is -2.34. The number of likely N-dealkylation sites (tertiary alicyclic amines) is 1. The fraction of sp³-hybridized carbons (Fsp3) is 0.714. The number of anilines is 1.